The zero-order valence-corrected chi connectivity index (χ0v) is 22.7. The van der Waals surface area contributed by atoms with Crippen molar-refractivity contribution >= 4 is 55.8 Å². The second kappa shape index (κ2) is 10.7. The number of aliphatic imine (C=N–C) groups is 1. The van der Waals surface area contributed by atoms with Crippen molar-refractivity contribution in [3.63, 3.8) is 0 Å². The predicted molar refractivity (Wildman–Crippen MR) is 150 cm³/mol. The van der Waals surface area contributed by atoms with E-state index >= 15 is 0 Å². The lowest BCUT2D eigenvalue weighted by atomic mass is 10.0. The van der Waals surface area contributed by atoms with Crippen LogP contribution in [-0.4, -0.2) is 17.8 Å². The van der Waals surface area contributed by atoms with Gasteiger partial charge in [0.05, 0.1) is 14.5 Å². The molecule has 0 aromatic heterocycles. The number of ether oxygens (including phenoxy) is 2. The van der Waals surface area contributed by atoms with Crippen LogP contribution in [0.3, 0.4) is 0 Å². The van der Waals surface area contributed by atoms with Crippen LogP contribution < -0.4 is 4.74 Å². The molecule has 0 amide bonds. The molecule has 0 aliphatic carbocycles. The molecule has 0 N–H and O–H groups in total. The molecule has 37 heavy (non-hydrogen) atoms. The molecule has 1 aliphatic heterocycles. The molecule has 0 spiro atoms. The van der Waals surface area contributed by atoms with Crippen molar-refractivity contribution < 1.29 is 19.1 Å². The topological polar surface area (TPSA) is 65.0 Å². The summed E-state index contributed by atoms with van der Waals surface area (Å²) >= 11 is 6.93. The molecule has 0 radical (unpaired) electrons. The number of cyclic esters (lactones) is 1. The summed E-state index contributed by atoms with van der Waals surface area (Å²) in [7, 11) is 0. The molecule has 0 unspecified atom stereocenters. The van der Waals surface area contributed by atoms with Gasteiger partial charge in [0.25, 0.3) is 0 Å². The maximum Gasteiger partial charge on any atom is 0.363 e. The highest BCUT2D eigenvalue weighted by Crippen LogP contribution is 2.36. The first-order valence-corrected chi connectivity index (χ1v) is 12.9. The largest absolute Gasteiger partial charge is 0.421 e. The van der Waals surface area contributed by atoms with E-state index in [0.717, 1.165) is 16.7 Å². The van der Waals surface area contributed by atoms with E-state index in [2.05, 4.69) is 36.9 Å². The SMILES string of the molecule is Cc1cccc(C(=O)Oc2c(Br)cc(/C=C3\N=C(c4ccc(-c5ccccc5)cc4)OC3=O)cc2Br)c1. The van der Waals surface area contributed by atoms with Crippen LogP contribution in [0, 0.1) is 6.92 Å². The second-order valence-corrected chi connectivity index (χ2v) is 10.1. The molecule has 5 nitrogen and oxygen atoms in total. The lowest BCUT2D eigenvalue weighted by Gasteiger charge is -2.10. The number of carbonyl (C=O) groups excluding carboxylic acids is 2. The molecular formula is C30H19Br2NO4. The number of halogens is 2. The highest BCUT2D eigenvalue weighted by molar-refractivity contribution is 9.11. The number of benzene rings is 4. The summed E-state index contributed by atoms with van der Waals surface area (Å²) in [4.78, 5) is 29.5. The fourth-order valence-electron chi connectivity index (χ4n) is 3.81. The Kier molecular flexibility index (Phi) is 7.17. The lowest BCUT2D eigenvalue weighted by Crippen LogP contribution is -2.09. The van der Waals surface area contributed by atoms with Crippen LogP contribution in [0.2, 0.25) is 0 Å². The van der Waals surface area contributed by atoms with Crippen molar-refractivity contribution in [3.8, 4) is 16.9 Å². The van der Waals surface area contributed by atoms with Gasteiger partial charge in [-0.25, -0.2) is 14.6 Å². The summed E-state index contributed by atoms with van der Waals surface area (Å²) in [6, 6.07) is 28.4. The minimum Gasteiger partial charge on any atom is -0.421 e. The Hall–Kier alpha value is -3.81. The lowest BCUT2D eigenvalue weighted by molar-refractivity contribution is -0.129. The number of nitrogens with zero attached hydrogens (tertiary/aromatic N) is 1. The maximum atomic E-state index is 12.6. The van der Waals surface area contributed by atoms with E-state index in [-0.39, 0.29) is 11.6 Å². The maximum absolute atomic E-state index is 12.6. The van der Waals surface area contributed by atoms with Crippen LogP contribution >= 0.6 is 31.9 Å². The number of hydrogen-bond acceptors (Lipinski definition) is 5. The van der Waals surface area contributed by atoms with Gasteiger partial charge in [0, 0.05) is 5.56 Å². The minimum atomic E-state index is -0.538. The smallest absolute Gasteiger partial charge is 0.363 e. The van der Waals surface area contributed by atoms with Gasteiger partial charge in [0.2, 0.25) is 5.90 Å². The molecule has 4 aromatic rings. The van der Waals surface area contributed by atoms with Crippen molar-refractivity contribution in [2.45, 2.75) is 6.92 Å². The van der Waals surface area contributed by atoms with Crippen molar-refractivity contribution in [2.24, 2.45) is 4.99 Å². The summed E-state index contributed by atoms with van der Waals surface area (Å²) in [5, 5.41) is 0. The fraction of sp³-hybridized carbons (Fsp3) is 0.0333. The summed E-state index contributed by atoms with van der Waals surface area (Å²) in [6.45, 7) is 1.91. The van der Waals surface area contributed by atoms with Crippen LogP contribution in [0.5, 0.6) is 5.75 Å². The zero-order valence-electron chi connectivity index (χ0n) is 19.6. The molecule has 1 heterocycles. The van der Waals surface area contributed by atoms with Crippen molar-refractivity contribution in [2.75, 3.05) is 0 Å². The average molecular weight is 617 g/mol. The molecule has 5 rings (SSSR count). The third-order valence-corrected chi connectivity index (χ3v) is 6.81. The number of rotatable bonds is 5. The molecule has 182 valence electrons. The van der Waals surface area contributed by atoms with Gasteiger partial charge in [0.1, 0.15) is 0 Å². The molecule has 0 atom stereocenters. The third-order valence-electron chi connectivity index (χ3n) is 5.63. The Morgan fingerprint density at radius 2 is 1.49 bits per heavy atom. The number of carbonyl (C=O) groups is 2. The van der Waals surface area contributed by atoms with Crippen molar-refractivity contribution in [1.29, 1.82) is 0 Å². The molecule has 0 saturated carbocycles. The predicted octanol–water partition coefficient (Wildman–Crippen LogP) is 7.75. The van der Waals surface area contributed by atoms with Gasteiger partial charge in [-0.2, -0.15) is 0 Å². The van der Waals surface area contributed by atoms with Crippen molar-refractivity contribution in [1.82, 2.24) is 0 Å². The Morgan fingerprint density at radius 1 is 0.838 bits per heavy atom. The molecule has 0 bridgehead atoms. The molecule has 1 aliphatic rings. The molecule has 7 heteroatoms. The van der Waals surface area contributed by atoms with Crippen LogP contribution in [0.15, 0.2) is 111 Å². The number of aryl methyl sites for hydroxylation is 1. The first kappa shape index (κ1) is 24.9. The van der Waals surface area contributed by atoms with Gasteiger partial charge in [-0.1, -0.05) is 60.2 Å². The highest BCUT2D eigenvalue weighted by atomic mass is 79.9. The fourth-order valence-corrected chi connectivity index (χ4v) is 5.19. The Balaban J connectivity index is 1.36. The average Bonchev–Trinajstić information content (AvgIpc) is 3.26. The van der Waals surface area contributed by atoms with Crippen LogP contribution in [0.25, 0.3) is 17.2 Å². The number of esters is 2. The van der Waals surface area contributed by atoms with Gasteiger partial charge in [-0.3, -0.25) is 0 Å². The van der Waals surface area contributed by atoms with Gasteiger partial charge in [0.15, 0.2) is 11.4 Å². The summed E-state index contributed by atoms with van der Waals surface area (Å²) in [5.74, 6) is -0.421. The van der Waals surface area contributed by atoms with E-state index in [1.807, 2.05) is 67.6 Å². The van der Waals surface area contributed by atoms with E-state index in [9.17, 15) is 9.59 Å². The van der Waals surface area contributed by atoms with Gasteiger partial charge >= 0.3 is 11.9 Å². The first-order chi connectivity index (χ1) is 17.9. The monoisotopic (exact) mass is 615 g/mol. The van der Waals surface area contributed by atoms with Gasteiger partial charge in [-0.05, 0) is 97.9 Å². The standard InChI is InChI=1S/C30H19Br2NO4/c1-18-6-5-9-23(14-18)29(34)36-27-24(31)15-19(16-25(27)32)17-26-30(35)37-28(33-26)22-12-10-21(11-13-22)20-7-3-2-4-8-20/h2-17H,1H3/b26-17-. The summed E-state index contributed by atoms with van der Waals surface area (Å²) < 4.78 is 12.1. The van der Waals surface area contributed by atoms with E-state index in [0.29, 0.717) is 31.4 Å². The summed E-state index contributed by atoms with van der Waals surface area (Å²) in [6.07, 6.45) is 1.62. The molecule has 0 saturated heterocycles. The normalized spacial score (nSPS) is 13.9. The Morgan fingerprint density at radius 3 is 2.16 bits per heavy atom. The Bertz CT molecular complexity index is 1550. The van der Waals surface area contributed by atoms with Crippen LogP contribution in [0.1, 0.15) is 27.0 Å². The van der Waals surface area contributed by atoms with E-state index in [1.54, 1.807) is 36.4 Å². The van der Waals surface area contributed by atoms with Crippen LogP contribution in [-0.2, 0) is 9.53 Å². The quantitative estimate of drug-likeness (QED) is 0.131. The van der Waals surface area contributed by atoms with Gasteiger partial charge < -0.3 is 9.47 Å². The first-order valence-electron chi connectivity index (χ1n) is 11.3. The van der Waals surface area contributed by atoms with E-state index in [1.165, 1.54) is 0 Å². The highest BCUT2D eigenvalue weighted by Gasteiger charge is 2.24. The second-order valence-electron chi connectivity index (χ2n) is 8.35. The summed E-state index contributed by atoms with van der Waals surface area (Å²) in [5.41, 5.74) is 5.13. The van der Waals surface area contributed by atoms with Gasteiger partial charge in [-0.15, -0.1) is 0 Å². The van der Waals surface area contributed by atoms with E-state index in [4.69, 9.17) is 9.47 Å². The Labute approximate surface area is 230 Å². The zero-order chi connectivity index (χ0) is 25.9. The molecule has 0 fully saturated rings. The third kappa shape index (κ3) is 5.63. The molecule has 4 aromatic carbocycles. The van der Waals surface area contributed by atoms with E-state index < -0.39 is 11.9 Å². The molecular weight excluding hydrogens is 598 g/mol. The van der Waals surface area contributed by atoms with Crippen molar-refractivity contribution in [3.05, 3.63) is 128 Å². The minimum absolute atomic E-state index is 0.172. The van der Waals surface area contributed by atoms with Crippen LogP contribution in [0.4, 0.5) is 0 Å². The number of hydrogen-bond donors (Lipinski definition) is 0.